The Morgan fingerprint density at radius 3 is 2.53 bits per heavy atom. The highest BCUT2D eigenvalue weighted by Crippen LogP contribution is 2.39. The van der Waals surface area contributed by atoms with Crippen LogP contribution in [0.4, 0.5) is 28.8 Å². The zero-order valence-corrected chi connectivity index (χ0v) is 22.5. The highest BCUT2D eigenvalue weighted by Gasteiger charge is 2.25. The second kappa shape index (κ2) is 11.6. The lowest BCUT2D eigenvalue weighted by atomic mass is 9.98. The summed E-state index contributed by atoms with van der Waals surface area (Å²) in [5, 5.41) is 24.4. The van der Waals surface area contributed by atoms with Gasteiger partial charge < -0.3 is 30.9 Å². The second-order valence-corrected chi connectivity index (χ2v) is 13.1. The van der Waals surface area contributed by atoms with Crippen molar-refractivity contribution in [3.8, 4) is 0 Å². The first-order chi connectivity index (χ1) is 17.2. The van der Waals surface area contributed by atoms with Gasteiger partial charge in [-0.1, -0.05) is 23.7 Å². The smallest absolute Gasteiger partial charge is 0.134 e. The van der Waals surface area contributed by atoms with Crippen molar-refractivity contribution in [3.63, 3.8) is 0 Å². The molecule has 0 saturated heterocycles. The van der Waals surface area contributed by atoms with Gasteiger partial charge in [-0.2, -0.15) is 0 Å². The Kier molecular flexibility index (Phi) is 8.52. The Morgan fingerprint density at radius 2 is 1.81 bits per heavy atom. The zero-order valence-electron chi connectivity index (χ0n) is 20.9. The van der Waals surface area contributed by atoms with Crippen LogP contribution in [0, 0.1) is 0 Å². The summed E-state index contributed by atoms with van der Waals surface area (Å²) in [5.41, 5.74) is 2.54. The third-order valence-corrected chi connectivity index (χ3v) is 8.12. The van der Waals surface area contributed by atoms with Crippen LogP contribution in [0.1, 0.15) is 30.7 Å². The summed E-state index contributed by atoms with van der Waals surface area (Å²) in [6.07, 6.45) is 3.85. The van der Waals surface area contributed by atoms with Crippen molar-refractivity contribution in [1.82, 2.24) is 15.3 Å². The number of anilines is 5. The van der Waals surface area contributed by atoms with Gasteiger partial charge in [0.1, 0.15) is 24.6 Å². The number of rotatable bonds is 10. The molecule has 0 amide bonds. The van der Waals surface area contributed by atoms with E-state index in [0.717, 1.165) is 54.7 Å². The molecule has 192 valence electrons. The summed E-state index contributed by atoms with van der Waals surface area (Å²) in [6, 6.07) is 13.4. The normalized spacial score (nSPS) is 17.7. The Morgan fingerprint density at radius 1 is 1.03 bits per heavy atom. The highest BCUT2D eigenvalue weighted by atomic mass is 35.5. The molecule has 1 aliphatic rings. The first kappa shape index (κ1) is 26.4. The van der Waals surface area contributed by atoms with E-state index in [2.05, 4.69) is 32.3 Å². The molecule has 2 atom stereocenters. The van der Waals surface area contributed by atoms with Gasteiger partial charge >= 0.3 is 0 Å². The van der Waals surface area contributed by atoms with Crippen LogP contribution in [0.15, 0.2) is 48.7 Å². The van der Waals surface area contributed by atoms with E-state index in [0.29, 0.717) is 28.3 Å². The summed E-state index contributed by atoms with van der Waals surface area (Å²) < 4.78 is 12.8. The molecule has 2 heterocycles. The van der Waals surface area contributed by atoms with Gasteiger partial charge in [0.05, 0.1) is 23.0 Å². The second-order valence-electron chi connectivity index (χ2n) is 9.53. The van der Waals surface area contributed by atoms with E-state index < -0.39 is 7.14 Å². The van der Waals surface area contributed by atoms with E-state index in [4.69, 9.17) is 16.6 Å². The van der Waals surface area contributed by atoms with Crippen molar-refractivity contribution in [3.05, 3.63) is 59.2 Å². The lowest BCUT2D eigenvalue weighted by molar-refractivity contribution is 0.181. The van der Waals surface area contributed by atoms with Gasteiger partial charge in [0.25, 0.3) is 0 Å². The minimum atomic E-state index is -2.49. The number of nitrogens with one attached hydrogen (secondary N) is 4. The SMILES string of the molecule is CNCCNc1cc(C2CCC(O)C2)cc(Nc2cc(Nc3ccccc3P(C)(C)=O)c(Cl)cn2)n1. The van der Waals surface area contributed by atoms with Crippen LogP contribution in [0.3, 0.4) is 0 Å². The van der Waals surface area contributed by atoms with E-state index in [1.54, 1.807) is 19.5 Å². The fourth-order valence-electron chi connectivity index (χ4n) is 4.45. The number of benzene rings is 1. The molecule has 0 spiro atoms. The van der Waals surface area contributed by atoms with E-state index in [1.165, 1.54) is 0 Å². The Labute approximate surface area is 217 Å². The predicted octanol–water partition coefficient (Wildman–Crippen LogP) is 5.12. The number of aliphatic hydroxyl groups is 1. The average Bonchev–Trinajstić information content (AvgIpc) is 3.27. The molecule has 1 saturated carbocycles. The fraction of sp³-hybridized carbons (Fsp3) is 0.385. The molecule has 0 radical (unpaired) electrons. The molecule has 36 heavy (non-hydrogen) atoms. The first-order valence-corrected chi connectivity index (χ1v) is 15.1. The van der Waals surface area contributed by atoms with Crippen LogP contribution in [-0.4, -0.2) is 54.6 Å². The number of nitrogens with zero attached hydrogens (tertiary/aromatic N) is 2. The van der Waals surface area contributed by atoms with Gasteiger partial charge in [-0.05, 0) is 75.4 Å². The number of likely N-dealkylation sites (N-methyl/N-ethyl adjacent to an activating group) is 1. The maximum atomic E-state index is 12.8. The molecule has 5 N–H and O–H groups in total. The van der Waals surface area contributed by atoms with Gasteiger partial charge in [-0.3, -0.25) is 0 Å². The van der Waals surface area contributed by atoms with Crippen molar-refractivity contribution < 1.29 is 9.67 Å². The maximum absolute atomic E-state index is 12.8. The average molecular weight is 529 g/mol. The Bertz CT molecular complexity index is 1250. The van der Waals surface area contributed by atoms with Crippen molar-refractivity contribution in [2.24, 2.45) is 0 Å². The largest absolute Gasteiger partial charge is 0.393 e. The molecule has 2 aromatic heterocycles. The summed E-state index contributed by atoms with van der Waals surface area (Å²) in [6.45, 7) is 5.05. The molecule has 8 nitrogen and oxygen atoms in total. The van der Waals surface area contributed by atoms with Crippen LogP contribution in [0.2, 0.25) is 5.02 Å². The zero-order chi connectivity index (χ0) is 25.7. The molecule has 4 rings (SSSR count). The molecular weight excluding hydrogens is 495 g/mol. The number of pyridine rings is 2. The quantitative estimate of drug-likeness (QED) is 0.182. The first-order valence-electron chi connectivity index (χ1n) is 12.2. The third-order valence-electron chi connectivity index (χ3n) is 6.27. The standard InChI is InChI=1S/C26H34ClN6O2P/c1-28-10-11-29-24-13-18(17-8-9-19(34)12-17)14-26(32-24)33-25-15-22(20(27)16-30-25)31-21-6-4-5-7-23(21)36(2,3)35/h4-7,13-17,19,28,34H,8-12H2,1-3H3,(H3,29,30,31,32,33). The molecule has 10 heteroatoms. The van der Waals surface area contributed by atoms with Crippen LogP contribution < -0.4 is 26.6 Å². The maximum Gasteiger partial charge on any atom is 0.134 e. The molecule has 1 fully saturated rings. The molecule has 1 aromatic carbocycles. The third kappa shape index (κ3) is 6.77. The van der Waals surface area contributed by atoms with E-state index in [-0.39, 0.29) is 6.10 Å². The summed E-state index contributed by atoms with van der Waals surface area (Å²) in [7, 11) is -0.577. The lowest BCUT2D eigenvalue weighted by Crippen LogP contribution is -2.18. The summed E-state index contributed by atoms with van der Waals surface area (Å²) in [5.74, 6) is 2.30. The molecule has 0 bridgehead atoms. The van der Waals surface area contributed by atoms with Crippen LogP contribution >= 0.6 is 18.7 Å². The topological polar surface area (TPSA) is 111 Å². The predicted molar refractivity (Wildman–Crippen MR) is 151 cm³/mol. The molecule has 2 unspecified atom stereocenters. The van der Waals surface area contributed by atoms with Gasteiger partial charge in [-0.25, -0.2) is 9.97 Å². The van der Waals surface area contributed by atoms with Gasteiger partial charge in [0.2, 0.25) is 0 Å². The van der Waals surface area contributed by atoms with Crippen LogP contribution in [0.25, 0.3) is 0 Å². The van der Waals surface area contributed by atoms with Crippen molar-refractivity contribution >= 4 is 52.9 Å². The van der Waals surface area contributed by atoms with E-state index in [9.17, 15) is 9.67 Å². The van der Waals surface area contributed by atoms with Gasteiger partial charge in [-0.15, -0.1) is 0 Å². The Hall–Kier alpha value is -2.64. The van der Waals surface area contributed by atoms with Crippen LogP contribution in [0.5, 0.6) is 0 Å². The van der Waals surface area contributed by atoms with Crippen molar-refractivity contribution in [1.29, 1.82) is 0 Å². The summed E-state index contributed by atoms with van der Waals surface area (Å²) >= 11 is 6.46. The molecule has 3 aromatic rings. The van der Waals surface area contributed by atoms with E-state index >= 15 is 0 Å². The fourth-order valence-corrected chi connectivity index (χ4v) is 5.75. The number of hydrogen-bond acceptors (Lipinski definition) is 8. The number of halogens is 1. The van der Waals surface area contributed by atoms with Crippen molar-refractivity contribution in [2.45, 2.75) is 31.3 Å². The number of para-hydroxylation sites is 1. The summed E-state index contributed by atoms with van der Waals surface area (Å²) in [4.78, 5) is 9.17. The van der Waals surface area contributed by atoms with Gasteiger partial charge in [0, 0.05) is 30.1 Å². The molecule has 0 aliphatic heterocycles. The number of hydrogen-bond donors (Lipinski definition) is 5. The van der Waals surface area contributed by atoms with E-state index in [1.807, 2.05) is 43.4 Å². The number of aliphatic hydroxyl groups excluding tert-OH is 1. The minimum absolute atomic E-state index is 0.253. The molecule has 1 aliphatic carbocycles. The highest BCUT2D eigenvalue weighted by molar-refractivity contribution is 7.70. The molecular formula is C26H34ClN6O2P. The van der Waals surface area contributed by atoms with Crippen molar-refractivity contribution in [2.75, 3.05) is 49.4 Å². The minimum Gasteiger partial charge on any atom is -0.393 e. The number of aromatic nitrogens is 2. The lowest BCUT2D eigenvalue weighted by Gasteiger charge is -2.17. The Balaban J connectivity index is 1.60. The monoisotopic (exact) mass is 528 g/mol. The van der Waals surface area contributed by atoms with Gasteiger partial charge in [0.15, 0.2) is 0 Å². The van der Waals surface area contributed by atoms with Crippen LogP contribution in [-0.2, 0) is 4.57 Å².